The van der Waals surface area contributed by atoms with Crippen molar-refractivity contribution in [3.63, 3.8) is 0 Å². The summed E-state index contributed by atoms with van der Waals surface area (Å²) in [6.45, 7) is 4.12. The van der Waals surface area contributed by atoms with Crippen molar-refractivity contribution >= 4 is 17.7 Å². The Labute approximate surface area is 164 Å². The number of thioether (sulfide) groups is 1. The molecule has 0 saturated carbocycles. The van der Waals surface area contributed by atoms with Crippen molar-refractivity contribution in [1.29, 1.82) is 0 Å². The number of ether oxygens (including phenoxy) is 1. The molecule has 2 fully saturated rings. The highest BCUT2D eigenvalue weighted by Gasteiger charge is 2.43. The number of rotatable bonds is 3. The molecule has 0 N–H and O–H groups in total. The van der Waals surface area contributed by atoms with E-state index in [1.54, 1.807) is 11.8 Å². The molecular formula is C22H24N2O2S. The molecule has 3 heterocycles. The highest BCUT2D eigenvalue weighted by Crippen LogP contribution is 2.38. The minimum Gasteiger partial charge on any atom is -0.373 e. The lowest BCUT2D eigenvalue weighted by molar-refractivity contribution is -0.130. The predicted octanol–water partition coefficient (Wildman–Crippen LogP) is 2.82. The standard InChI is InChI=1S/C22H24N2O2S/c25-22(21-12-17-8-4-5-9-20(17)27-21)24-14-18-19(15-24)26-11-10-23(18)13-16-6-2-1-3-7-16/h1-9,18-19,21H,10-15H2/t18-,19-,21+/m1/s1. The maximum Gasteiger partial charge on any atom is 0.236 e. The number of likely N-dealkylation sites (tertiary alicyclic amines) is 1. The molecule has 1 amide bonds. The first-order valence-corrected chi connectivity index (χ1v) is 10.6. The van der Waals surface area contributed by atoms with Gasteiger partial charge in [-0.1, -0.05) is 48.5 Å². The van der Waals surface area contributed by atoms with Crippen LogP contribution in [0.25, 0.3) is 0 Å². The van der Waals surface area contributed by atoms with Crippen LogP contribution in [0, 0.1) is 0 Å². The van der Waals surface area contributed by atoms with Gasteiger partial charge in [-0.05, 0) is 23.6 Å². The third-order valence-corrected chi connectivity index (χ3v) is 7.18. The Kier molecular flexibility index (Phi) is 4.68. The molecule has 0 aromatic heterocycles. The zero-order chi connectivity index (χ0) is 18.2. The number of morpholine rings is 1. The lowest BCUT2D eigenvalue weighted by Gasteiger charge is -2.36. The van der Waals surface area contributed by atoms with E-state index in [0.717, 1.165) is 39.2 Å². The van der Waals surface area contributed by atoms with Gasteiger partial charge in [-0.15, -0.1) is 11.8 Å². The van der Waals surface area contributed by atoms with Crippen LogP contribution in [-0.4, -0.2) is 59.3 Å². The summed E-state index contributed by atoms with van der Waals surface area (Å²) in [4.78, 5) is 19.0. The van der Waals surface area contributed by atoms with Gasteiger partial charge in [0.15, 0.2) is 0 Å². The van der Waals surface area contributed by atoms with Gasteiger partial charge in [-0.3, -0.25) is 9.69 Å². The Balaban J connectivity index is 1.26. The van der Waals surface area contributed by atoms with Gasteiger partial charge in [0.05, 0.1) is 24.0 Å². The average molecular weight is 381 g/mol. The van der Waals surface area contributed by atoms with E-state index in [9.17, 15) is 4.79 Å². The molecule has 0 aliphatic carbocycles. The number of hydrogen-bond donors (Lipinski definition) is 0. The Morgan fingerprint density at radius 3 is 2.74 bits per heavy atom. The van der Waals surface area contributed by atoms with E-state index in [2.05, 4.69) is 59.5 Å². The molecule has 5 heteroatoms. The predicted molar refractivity (Wildman–Crippen MR) is 107 cm³/mol. The molecule has 2 saturated heterocycles. The molecule has 0 unspecified atom stereocenters. The van der Waals surface area contributed by atoms with Crippen molar-refractivity contribution in [2.45, 2.75) is 35.3 Å². The topological polar surface area (TPSA) is 32.8 Å². The molecule has 3 aliphatic rings. The van der Waals surface area contributed by atoms with Crippen molar-refractivity contribution in [2.75, 3.05) is 26.2 Å². The molecule has 3 aliphatic heterocycles. The highest BCUT2D eigenvalue weighted by molar-refractivity contribution is 8.01. The van der Waals surface area contributed by atoms with Crippen LogP contribution in [0.2, 0.25) is 0 Å². The number of benzene rings is 2. The number of carbonyl (C=O) groups is 1. The Hall–Kier alpha value is -1.82. The van der Waals surface area contributed by atoms with Crippen molar-refractivity contribution in [2.24, 2.45) is 0 Å². The van der Waals surface area contributed by atoms with Crippen LogP contribution >= 0.6 is 11.8 Å². The number of hydrogen-bond acceptors (Lipinski definition) is 4. The average Bonchev–Trinajstić information content (AvgIpc) is 3.33. The molecule has 2 aromatic carbocycles. The zero-order valence-corrected chi connectivity index (χ0v) is 16.1. The first kappa shape index (κ1) is 17.3. The normalized spacial score (nSPS) is 27.4. The lowest BCUT2D eigenvalue weighted by Crippen LogP contribution is -2.50. The van der Waals surface area contributed by atoms with E-state index < -0.39 is 0 Å². The number of fused-ring (bicyclic) bond motifs is 2. The largest absolute Gasteiger partial charge is 0.373 e. The molecule has 3 atom stereocenters. The third kappa shape index (κ3) is 3.40. The van der Waals surface area contributed by atoms with Crippen LogP contribution in [0.3, 0.4) is 0 Å². The van der Waals surface area contributed by atoms with Crippen molar-refractivity contribution < 1.29 is 9.53 Å². The van der Waals surface area contributed by atoms with Gasteiger partial charge in [-0.2, -0.15) is 0 Å². The number of nitrogens with zero attached hydrogens (tertiary/aromatic N) is 2. The van der Waals surface area contributed by atoms with Crippen LogP contribution in [0.1, 0.15) is 11.1 Å². The molecule has 4 nitrogen and oxygen atoms in total. The second kappa shape index (κ2) is 7.30. The highest BCUT2D eigenvalue weighted by atomic mass is 32.2. The summed E-state index contributed by atoms with van der Waals surface area (Å²) in [6, 6.07) is 19.3. The quantitative estimate of drug-likeness (QED) is 0.820. The summed E-state index contributed by atoms with van der Waals surface area (Å²) < 4.78 is 6.03. The molecule has 0 radical (unpaired) electrons. The first-order valence-electron chi connectivity index (χ1n) is 9.71. The van der Waals surface area contributed by atoms with E-state index in [1.165, 1.54) is 16.0 Å². The van der Waals surface area contributed by atoms with Crippen molar-refractivity contribution in [3.05, 3.63) is 65.7 Å². The molecule has 27 heavy (non-hydrogen) atoms. The summed E-state index contributed by atoms with van der Waals surface area (Å²) in [5.41, 5.74) is 2.63. The van der Waals surface area contributed by atoms with Gasteiger partial charge in [0, 0.05) is 31.1 Å². The number of carbonyl (C=O) groups excluding carboxylic acids is 1. The molecule has 2 aromatic rings. The van der Waals surface area contributed by atoms with Crippen LogP contribution in [0.15, 0.2) is 59.5 Å². The minimum absolute atomic E-state index is 0.0186. The lowest BCUT2D eigenvalue weighted by atomic mass is 10.1. The SMILES string of the molecule is O=C([C@@H]1Cc2ccccc2S1)N1C[C@@H]2[C@@H](C1)OCCN2Cc1ccccc1. The van der Waals surface area contributed by atoms with E-state index in [4.69, 9.17) is 4.74 Å². The van der Waals surface area contributed by atoms with Gasteiger partial charge in [-0.25, -0.2) is 0 Å². The van der Waals surface area contributed by atoms with E-state index in [-0.39, 0.29) is 17.3 Å². The first-order chi connectivity index (χ1) is 13.3. The van der Waals surface area contributed by atoms with Crippen LogP contribution in [0.5, 0.6) is 0 Å². The van der Waals surface area contributed by atoms with Crippen LogP contribution in [0.4, 0.5) is 0 Å². The Morgan fingerprint density at radius 1 is 1.07 bits per heavy atom. The number of amides is 1. The van der Waals surface area contributed by atoms with Crippen molar-refractivity contribution in [3.8, 4) is 0 Å². The third-order valence-electron chi connectivity index (χ3n) is 5.88. The summed E-state index contributed by atoms with van der Waals surface area (Å²) in [5, 5.41) is 0.0186. The zero-order valence-electron chi connectivity index (χ0n) is 15.3. The maximum absolute atomic E-state index is 13.2. The van der Waals surface area contributed by atoms with Gasteiger partial charge >= 0.3 is 0 Å². The van der Waals surface area contributed by atoms with Crippen LogP contribution < -0.4 is 0 Å². The molecule has 0 spiro atoms. The van der Waals surface area contributed by atoms with Gasteiger partial charge in [0.25, 0.3) is 0 Å². The fraction of sp³-hybridized carbons (Fsp3) is 0.409. The second-order valence-corrected chi connectivity index (χ2v) is 8.84. The fourth-order valence-electron chi connectivity index (χ4n) is 4.48. The molecule has 140 valence electrons. The minimum atomic E-state index is 0.0186. The Morgan fingerprint density at radius 2 is 1.89 bits per heavy atom. The van der Waals surface area contributed by atoms with E-state index >= 15 is 0 Å². The van der Waals surface area contributed by atoms with Crippen molar-refractivity contribution in [1.82, 2.24) is 9.80 Å². The summed E-state index contributed by atoms with van der Waals surface area (Å²) >= 11 is 1.72. The molecule has 5 rings (SSSR count). The monoisotopic (exact) mass is 380 g/mol. The van der Waals surface area contributed by atoms with Crippen LogP contribution in [-0.2, 0) is 22.5 Å². The molecule has 0 bridgehead atoms. The second-order valence-electron chi connectivity index (χ2n) is 7.59. The summed E-state index contributed by atoms with van der Waals surface area (Å²) in [5.74, 6) is 0.272. The molecular weight excluding hydrogens is 356 g/mol. The smallest absolute Gasteiger partial charge is 0.236 e. The summed E-state index contributed by atoms with van der Waals surface area (Å²) in [7, 11) is 0. The summed E-state index contributed by atoms with van der Waals surface area (Å²) in [6.07, 6.45) is 0.986. The maximum atomic E-state index is 13.2. The van der Waals surface area contributed by atoms with E-state index in [1.807, 2.05) is 4.90 Å². The fourth-order valence-corrected chi connectivity index (χ4v) is 5.76. The van der Waals surface area contributed by atoms with Gasteiger partial charge in [0.1, 0.15) is 0 Å². The van der Waals surface area contributed by atoms with Gasteiger partial charge < -0.3 is 9.64 Å². The van der Waals surface area contributed by atoms with Gasteiger partial charge in [0.2, 0.25) is 5.91 Å². The Bertz CT molecular complexity index is 803. The van der Waals surface area contributed by atoms with E-state index in [0.29, 0.717) is 6.04 Å².